The van der Waals surface area contributed by atoms with Gasteiger partial charge in [-0.3, -0.25) is 19.1 Å². The van der Waals surface area contributed by atoms with E-state index in [0.29, 0.717) is 10.8 Å². The van der Waals surface area contributed by atoms with Crippen molar-refractivity contribution in [2.24, 2.45) is 5.92 Å². The predicted molar refractivity (Wildman–Crippen MR) is 134 cm³/mol. The second kappa shape index (κ2) is 13.3. The lowest BCUT2D eigenvalue weighted by atomic mass is 10.0. The predicted octanol–water partition coefficient (Wildman–Crippen LogP) is -0.706. The van der Waals surface area contributed by atoms with E-state index in [2.05, 4.69) is 10.6 Å². The van der Waals surface area contributed by atoms with Crippen molar-refractivity contribution in [1.82, 2.24) is 20.2 Å². The maximum absolute atomic E-state index is 13.6. The monoisotopic (exact) mass is 566 g/mol. The molecule has 1 aliphatic rings. The molecule has 218 valence electrons. The first kappa shape index (κ1) is 30.5. The Morgan fingerprint density at radius 2 is 1.75 bits per heavy atom. The van der Waals surface area contributed by atoms with Crippen molar-refractivity contribution in [3.05, 3.63) is 68.7 Å². The molecule has 2 heterocycles. The Balaban J connectivity index is 1.52. The van der Waals surface area contributed by atoms with Gasteiger partial charge >= 0.3 is 17.8 Å². The van der Waals surface area contributed by atoms with E-state index in [4.69, 9.17) is 14.2 Å². The van der Waals surface area contributed by atoms with Crippen molar-refractivity contribution in [3.8, 4) is 0 Å². The molecule has 1 aromatic carbocycles. The fraction of sp³-hybridized carbons (Fsp3) is 0.480. The normalized spacial score (nSPS) is 21.9. The zero-order valence-electron chi connectivity index (χ0n) is 21.9. The summed E-state index contributed by atoms with van der Waals surface area (Å²) < 4.78 is 29.8. The van der Waals surface area contributed by atoms with Crippen LogP contribution in [0.1, 0.15) is 32.6 Å². The Bertz CT molecular complexity index is 1310. The van der Waals surface area contributed by atoms with Gasteiger partial charge in [-0.15, -0.1) is 0 Å². The van der Waals surface area contributed by atoms with Crippen LogP contribution < -0.4 is 21.9 Å². The molecule has 14 nitrogen and oxygen atoms in total. The van der Waals surface area contributed by atoms with Crippen LogP contribution in [0.5, 0.6) is 0 Å². The Labute approximate surface area is 227 Å². The molecule has 15 heteroatoms. The fourth-order valence-electron chi connectivity index (χ4n) is 3.82. The number of amides is 2. The summed E-state index contributed by atoms with van der Waals surface area (Å²) in [5, 5.41) is 25.4. The molecule has 1 saturated heterocycles. The lowest BCUT2D eigenvalue weighted by Gasteiger charge is -2.23. The summed E-state index contributed by atoms with van der Waals surface area (Å²) >= 11 is 0. The van der Waals surface area contributed by atoms with Crippen LogP contribution in [0.25, 0.3) is 0 Å². The zero-order valence-corrected chi connectivity index (χ0v) is 21.9. The highest BCUT2D eigenvalue weighted by Crippen LogP contribution is 2.28. The van der Waals surface area contributed by atoms with Crippen molar-refractivity contribution in [2.45, 2.75) is 64.0 Å². The molecule has 0 unspecified atom stereocenters. The van der Waals surface area contributed by atoms with Crippen molar-refractivity contribution in [2.75, 3.05) is 6.61 Å². The van der Waals surface area contributed by atoms with E-state index in [-0.39, 0.29) is 12.5 Å². The summed E-state index contributed by atoms with van der Waals surface area (Å²) in [6.07, 6.45) is -6.56. The second-order valence-corrected chi connectivity index (χ2v) is 9.48. The van der Waals surface area contributed by atoms with Crippen LogP contribution in [0.3, 0.4) is 0 Å². The number of benzene rings is 1. The smallest absolute Gasteiger partial charge is 0.408 e. The third-order valence-corrected chi connectivity index (χ3v) is 6.07. The number of alkyl carbamates (subject to hydrolysis) is 1. The molecular formula is C25H31FN4O10. The molecule has 1 aliphatic heterocycles. The van der Waals surface area contributed by atoms with E-state index in [1.165, 1.54) is 6.92 Å². The fourth-order valence-corrected chi connectivity index (χ4v) is 3.82. The van der Waals surface area contributed by atoms with E-state index in [1.54, 1.807) is 43.1 Å². The van der Waals surface area contributed by atoms with E-state index >= 15 is 0 Å². The number of nitrogens with zero attached hydrogens (tertiary/aromatic N) is 1. The van der Waals surface area contributed by atoms with Crippen LogP contribution in [0.4, 0.5) is 9.18 Å². The number of aromatic amines is 1. The first-order chi connectivity index (χ1) is 18.9. The number of carbonyl (C=O) groups is 3. The maximum Gasteiger partial charge on any atom is 0.408 e. The topological polar surface area (TPSA) is 198 Å². The number of aromatic nitrogens is 2. The van der Waals surface area contributed by atoms with Gasteiger partial charge in [-0.1, -0.05) is 44.2 Å². The standard InChI is InChI=1S/C25H31FN4O10/c1-12(2)17(28-25(37)39-10-14-7-5-4-6-8-14)21(34)27-13(3)23(35)38-11-16-18(31)19(32)22(40-16)30-9-15(26)20(33)29-24(30)36/h4-9,12-13,16-19,22,31-32H,10-11H2,1-3H3,(H,27,34)(H,28,37)(H,29,33,36)/t13-,16+,17-,18+,19+,22+/m0/s1. The third-order valence-electron chi connectivity index (χ3n) is 6.07. The molecule has 0 bridgehead atoms. The summed E-state index contributed by atoms with van der Waals surface area (Å²) in [6, 6.07) is 6.71. The van der Waals surface area contributed by atoms with Gasteiger partial charge in [0.15, 0.2) is 6.23 Å². The SMILES string of the molecule is CC(C)[C@H](NC(=O)OCc1ccccc1)C(=O)N[C@@H](C)C(=O)OC[C@H]1O[C@@H](n2cc(F)c(=O)[nH]c2=O)[C@H](O)[C@@H]1O. The highest BCUT2D eigenvalue weighted by molar-refractivity contribution is 5.89. The Hall–Kier alpha value is -4.08. The Morgan fingerprint density at radius 3 is 2.40 bits per heavy atom. The number of esters is 1. The van der Waals surface area contributed by atoms with Crippen LogP contribution in [-0.4, -0.2) is 74.7 Å². The number of aliphatic hydroxyl groups excluding tert-OH is 2. The molecule has 6 atom stereocenters. The quantitative estimate of drug-likeness (QED) is 0.229. The number of H-pyrrole nitrogens is 1. The zero-order chi connectivity index (χ0) is 29.6. The van der Waals surface area contributed by atoms with Gasteiger partial charge in [0.2, 0.25) is 11.7 Å². The molecule has 0 spiro atoms. The highest BCUT2D eigenvalue weighted by Gasteiger charge is 2.45. The van der Waals surface area contributed by atoms with E-state index in [1.807, 2.05) is 6.07 Å². The summed E-state index contributed by atoms with van der Waals surface area (Å²) in [5.74, 6) is -3.29. The number of rotatable bonds is 10. The van der Waals surface area contributed by atoms with E-state index in [0.717, 1.165) is 5.56 Å². The number of halogens is 1. The number of aliphatic hydroxyl groups is 2. The largest absolute Gasteiger partial charge is 0.461 e. The number of hydrogen-bond donors (Lipinski definition) is 5. The summed E-state index contributed by atoms with van der Waals surface area (Å²) in [4.78, 5) is 62.4. The second-order valence-electron chi connectivity index (χ2n) is 9.48. The number of ether oxygens (including phenoxy) is 3. The minimum absolute atomic E-state index is 0.00172. The number of nitrogens with one attached hydrogen (secondary N) is 3. The molecule has 0 aliphatic carbocycles. The Morgan fingerprint density at radius 1 is 1.07 bits per heavy atom. The molecule has 5 N–H and O–H groups in total. The van der Waals surface area contributed by atoms with Crippen LogP contribution in [0.15, 0.2) is 46.1 Å². The molecule has 40 heavy (non-hydrogen) atoms. The van der Waals surface area contributed by atoms with Gasteiger partial charge in [-0.05, 0) is 18.4 Å². The van der Waals surface area contributed by atoms with Gasteiger partial charge in [0.05, 0.1) is 6.20 Å². The van der Waals surface area contributed by atoms with Gasteiger partial charge < -0.3 is 35.1 Å². The van der Waals surface area contributed by atoms with Crippen molar-refractivity contribution in [3.63, 3.8) is 0 Å². The van der Waals surface area contributed by atoms with Crippen LogP contribution in [0.2, 0.25) is 0 Å². The first-order valence-electron chi connectivity index (χ1n) is 12.4. The molecule has 0 radical (unpaired) electrons. The molecule has 3 rings (SSSR count). The van der Waals surface area contributed by atoms with Crippen molar-refractivity contribution < 1.29 is 43.2 Å². The van der Waals surface area contributed by atoms with Crippen molar-refractivity contribution >= 4 is 18.0 Å². The minimum Gasteiger partial charge on any atom is -0.461 e. The summed E-state index contributed by atoms with van der Waals surface area (Å²) in [6.45, 7) is 4.11. The van der Waals surface area contributed by atoms with Gasteiger partial charge in [-0.25, -0.2) is 14.4 Å². The number of hydrogen-bond acceptors (Lipinski definition) is 10. The summed E-state index contributed by atoms with van der Waals surface area (Å²) in [7, 11) is 0. The van der Waals surface area contributed by atoms with Crippen LogP contribution >= 0.6 is 0 Å². The molecule has 2 amide bonds. The average molecular weight is 567 g/mol. The van der Waals surface area contributed by atoms with E-state index < -0.39 is 78.3 Å². The molecular weight excluding hydrogens is 535 g/mol. The van der Waals surface area contributed by atoms with Gasteiger partial charge in [0, 0.05) is 0 Å². The van der Waals surface area contributed by atoms with Gasteiger partial charge in [-0.2, -0.15) is 4.39 Å². The minimum atomic E-state index is -1.72. The molecule has 2 aromatic rings. The summed E-state index contributed by atoms with van der Waals surface area (Å²) in [5.41, 5.74) is -1.60. The number of carbonyl (C=O) groups excluding carboxylic acids is 3. The van der Waals surface area contributed by atoms with Crippen LogP contribution in [0, 0.1) is 11.7 Å². The average Bonchev–Trinajstić information content (AvgIpc) is 3.19. The van der Waals surface area contributed by atoms with Crippen molar-refractivity contribution in [1.29, 1.82) is 0 Å². The third kappa shape index (κ3) is 7.52. The highest BCUT2D eigenvalue weighted by atomic mass is 19.1. The van der Waals surface area contributed by atoms with E-state index in [9.17, 15) is 38.6 Å². The molecule has 1 fully saturated rings. The van der Waals surface area contributed by atoms with Crippen LogP contribution in [-0.2, 0) is 30.4 Å². The first-order valence-corrected chi connectivity index (χ1v) is 12.4. The lowest BCUT2D eigenvalue weighted by Crippen LogP contribution is -2.53. The molecule has 1 aromatic heterocycles. The maximum atomic E-state index is 13.6. The van der Waals surface area contributed by atoms with Gasteiger partial charge in [0.1, 0.15) is 43.6 Å². The molecule has 0 saturated carbocycles. The Kier molecular flexibility index (Phi) is 10.1. The van der Waals surface area contributed by atoms with Gasteiger partial charge in [0.25, 0.3) is 5.56 Å². The lowest BCUT2D eigenvalue weighted by molar-refractivity contribution is -0.153.